The Kier molecular flexibility index (Phi) is 4.95. The molecule has 2 aromatic rings. The van der Waals surface area contributed by atoms with E-state index in [-0.39, 0.29) is 5.75 Å². The lowest BCUT2D eigenvalue weighted by atomic mass is 10.0. The van der Waals surface area contributed by atoms with E-state index >= 15 is 0 Å². The van der Waals surface area contributed by atoms with Crippen molar-refractivity contribution < 1.29 is 27.8 Å². The number of ketones is 1. The fraction of sp³-hybridized carbons (Fsp3) is 0.125. The molecule has 0 spiro atoms. The molecule has 4 nitrogen and oxygen atoms in total. The van der Waals surface area contributed by atoms with Gasteiger partial charge in [-0.15, -0.1) is 0 Å². The number of carbonyl (C=O) groups excluding carboxylic acids is 2. The zero-order valence-corrected chi connectivity index (χ0v) is 12.6. The van der Waals surface area contributed by atoms with Gasteiger partial charge in [0.2, 0.25) is 0 Å². The van der Waals surface area contributed by atoms with E-state index in [2.05, 4.69) is 4.74 Å². The first-order valence-electron chi connectivity index (χ1n) is 6.39. The topological polar surface area (TPSA) is 52.6 Å². The normalized spacial score (nSPS) is 11.0. The summed E-state index contributed by atoms with van der Waals surface area (Å²) in [5.41, 5.74) is -0.628. The first kappa shape index (κ1) is 16.9. The Labute approximate surface area is 135 Å². The number of hydrogen-bond donors (Lipinski definition) is 0. The van der Waals surface area contributed by atoms with Gasteiger partial charge in [-0.3, -0.25) is 4.79 Å². The molecule has 0 unspecified atom stereocenters. The molecule has 0 aliphatic rings. The predicted molar refractivity (Wildman–Crippen MR) is 78.9 cm³/mol. The number of halogens is 3. The molecular formula is C16H11ClF2O4. The van der Waals surface area contributed by atoms with Gasteiger partial charge in [0.25, 0.3) is 0 Å². The van der Waals surface area contributed by atoms with Gasteiger partial charge in [0, 0.05) is 10.6 Å². The van der Waals surface area contributed by atoms with Gasteiger partial charge in [0.05, 0.1) is 7.11 Å². The Bertz CT molecular complexity index is 712. The summed E-state index contributed by atoms with van der Waals surface area (Å²) in [4.78, 5) is 22.3. The Morgan fingerprint density at radius 1 is 0.957 bits per heavy atom. The molecule has 0 aliphatic carbocycles. The molecule has 120 valence electrons. The van der Waals surface area contributed by atoms with Gasteiger partial charge in [-0.25, -0.2) is 4.79 Å². The van der Waals surface area contributed by atoms with Crippen LogP contribution in [-0.4, -0.2) is 18.9 Å². The fourth-order valence-corrected chi connectivity index (χ4v) is 1.85. The number of rotatable bonds is 5. The smallest absolute Gasteiger partial charge is 0.381 e. The van der Waals surface area contributed by atoms with Crippen molar-refractivity contribution in [3.05, 3.63) is 59.1 Å². The Morgan fingerprint density at radius 2 is 1.43 bits per heavy atom. The van der Waals surface area contributed by atoms with Crippen LogP contribution < -0.4 is 4.74 Å². The molecule has 23 heavy (non-hydrogen) atoms. The number of hydrogen-bond acceptors (Lipinski definition) is 4. The lowest BCUT2D eigenvalue weighted by Gasteiger charge is -2.14. The summed E-state index contributed by atoms with van der Waals surface area (Å²) in [6, 6.07) is 11.0. The van der Waals surface area contributed by atoms with E-state index in [0.717, 1.165) is 19.2 Å². The molecule has 0 aromatic heterocycles. The van der Waals surface area contributed by atoms with Gasteiger partial charge in [-0.2, -0.15) is 8.78 Å². The maximum absolute atomic E-state index is 13.9. The highest BCUT2D eigenvalue weighted by atomic mass is 35.5. The van der Waals surface area contributed by atoms with Crippen LogP contribution in [0, 0.1) is 0 Å². The van der Waals surface area contributed by atoms with Crippen molar-refractivity contribution in [1.29, 1.82) is 0 Å². The molecule has 0 N–H and O–H groups in total. The van der Waals surface area contributed by atoms with E-state index in [9.17, 15) is 18.4 Å². The third-order valence-electron chi connectivity index (χ3n) is 2.92. The summed E-state index contributed by atoms with van der Waals surface area (Å²) >= 11 is 5.74. The first-order chi connectivity index (χ1) is 10.8. The van der Waals surface area contributed by atoms with Crippen LogP contribution in [0.15, 0.2) is 48.5 Å². The SMILES string of the molecule is COC(=O)C(=O)C(F)(F)c1ccc(Oc2ccc(Cl)cc2)cc1. The first-order valence-corrected chi connectivity index (χ1v) is 6.77. The van der Waals surface area contributed by atoms with Gasteiger partial charge >= 0.3 is 17.7 Å². The number of Topliss-reactive ketones (excluding diaryl/α,β-unsaturated/α-hetero) is 1. The van der Waals surface area contributed by atoms with Crippen molar-refractivity contribution in [2.45, 2.75) is 5.92 Å². The van der Waals surface area contributed by atoms with E-state index in [1.165, 1.54) is 12.1 Å². The third-order valence-corrected chi connectivity index (χ3v) is 3.17. The Balaban J connectivity index is 2.17. The number of alkyl halides is 2. The van der Waals surface area contributed by atoms with Gasteiger partial charge < -0.3 is 9.47 Å². The van der Waals surface area contributed by atoms with Crippen LogP contribution in [0.25, 0.3) is 0 Å². The number of benzene rings is 2. The largest absolute Gasteiger partial charge is 0.463 e. The van der Waals surface area contributed by atoms with Crippen LogP contribution in [0.5, 0.6) is 11.5 Å². The summed E-state index contributed by atoms with van der Waals surface area (Å²) in [6.07, 6.45) is 0. The summed E-state index contributed by atoms with van der Waals surface area (Å²) < 4.78 is 37.2. The molecular weight excluding hydrogens is 330 g/mol. The molecule has 2 aromatic carbocycles. The molecule has 0 radical (unpaired) electrons. The van der Waals surface area contributed by atoms with Crippen molar-refractivity contribution in [2.24, 2.45) is 0 Å². The third kappa shape index (κ3) is 3.84. The van der Waals surface area contributed by atoms with E-state index in [4.69, 9.17) is 16.3 Å². The molecule has 0 saturated carbocycles. The highest BCUT2D eigenvalue weighted by molar-refractivity contribution is 6.36. The molecule has 0 bridgehead atoms. The Morgan fingerprint density at radius 3 is 1.91 bits per heavy atom. The number of carbonyl (C=O) groups is 2. The summed E-state index contributed by atoms with van der Waals surface area (Å²) in [7, 11) is 0.860. The van der Waals surface area contributed by atoms with E-state index in [1.807, 2.05) is 0 Å². The second-order valence-corrected chi connectivity index (χ2v) is 4.91. The summed E-state index contributed by atoms with van der Waals surface area (Å²) in [5, 5.41) is 0.536. The van der Waals surface area contributed by atoms with E-state index in [1.54, 1.807) is 24.3 Å². The maximum atomic E-state index is 13.9. The van der Waals surface area contributed by atoms with Crippen molar-refractivity contribution in [1.82, 2.24) is 0 Å². The van der Waals surface area contributed by atoms with Gasteiger partial charge in [-0.1, -0.05) is 11.6 Å². The van der Waals surface area contributed by atoms with Gasteiger partial charge in [-0.05, 0) is 48.5 Å². The summed E-state index contributed by atoms with van der Waals surface area (Å²) in [5.74, 6) is -6.73. The number of ether oxygens (including phenoxy) is 2. The van der Waals surface area contributed by atoms with Crippen LogP contribution in [0.4, 0.5) is 8.78 Å². The molecule has 0 amide bonds. The minimum atomic E-state index is -3.97. The van der Waals surface area contributed by atoms with E-state index in [0.29, 0.717) is 10.8 Å². The van der Waals surface area contributed by atoms with Crippen LogP contribution >= 0.6 is 11.6 Å². The van der Waals surface area contributed by atoms with Crippen molar-refractivity contribution in [3.8, 4) is 11.5 Å². The predicted octanol–water partition coefficient (Wildman–Crippen LogP) is 3.97. The quantitative estimate of drug-likeness (QED) is 0.610. The highest BCUT2D eigenvalue weighted by Crippen LogP contribution is 2.32. The standard InChI is InChI=1S/C16H11ClF2O4/c1-22-15(21)14(20)16(18,19)10-2-6-12(7-3-10)23-13-8-4-11(17)5-9-13/h2-9H,1H3. The van der Waals surface area contributed by atoms with Crippen LogP contribution in [0.2, 0.25) is 5.02 Å². The second kappa shape index (κ2) is 6.75. The lowest BCUT2D eigenvalue weighted by molar-refractivity contribution is -0.165. The zero-order valence-electron chi connectivity index (χ0n) is 11.9. The molecule has 0 fully saturated rings. The molecule has 7 heteroatoms. The average Bonchev–Trinajstić information content (AvgIpc) is 2.56. The molecule has 0 heterocycles. The molecule has 0 saturated heterocycles. The van der Waals surface area contributed by atoms with Crippen molar-refractivity contribution >= 4 is 23.4 Å². The van der Waals surface area contributed by atoms with Gasteiger partial charge in [0.1, 0.15) is 11.5 Å². The molecule has 0 atom stereocenters. The minimum Gasteiger partial charge on any atom is -0.463 e. The van der Waals surface area contributed by atoms with Crippen molar-refractivity contribution in [2.75, 3.05) is 7.11 Å². The monoisotopic (exact) mass is 340 g/mol. The van der Waals surface area contributed by atoms with Crippen LogP contribution in [0.3, 0.4) is 0 Å². The number of methoxy groups -OCH3 is 1. The minimum absolute atomic E-state index is 0.289. The second-order valence-electron chi connectivity index (χ2n) is 4.48. The molecule has 0 aliphatic heterocycles. The van der Waals surface area contributed by atoms with Gasteiger partial charge in [0.15, 0.2) is 0 Å². The van der Waals surface area contributed by atoms with Crippen molar-refractivity contribution in [3.63, 3.8) is 0 Å². The highest BCUT2D eigenvalue weighted by Gasteiger charge is 2.45. The molecule has 2 rings (SSSR count). The van der Waals surface area contributed by atoms with Crippen LogP contribution in [-0.2, 0) is 20.2 Å². The zero-order chi connectivity index (χ0) is 17.0. The van der Waals surface area contributed by atoms with Crippen LogP contribution in [0.1, 0.15) is 5.56 Å². The maximum Gasteiger partial charge on any atom is 0.381 e. The fourth-order valence-electron chi connectivity index (χ4n) is 1.72. The average molecular weight is 341 g/mol. The summed E-state index contributed by atoms with van der Waals surface area (Å²) in [6.45, 7) is 0. The Hall–Kier alpha value is -2.47. The van der Waals surface area contributed by atoms with E-state index < -0.39 is 23.2 Å². The number of esters is 1. The lowest BCUT2D eigenvalue weighted by Crippen LogP contribution is -2.33.